The first-order valence-corrected chi connectivity index (χ1v) is 7.20. The Morgan fingerprint density at radius 3 is 1.69 bits per heavy atom. The molecule has 1 aliphatic heterocycles. The molecule has 0 spiro atoms. The van der Waals surface area contributed by atoms with Gasteiger partial charge >= 0.3 is 0 Å². The molecular weight excluding hydrogens is 223 g/mol. The molecule has 1 aliphatic rings. The van der Waals surface area contributed by atoms with Crippen LogP contribution in [0.4, 0.5) is 0 Å². The second-order valence-corrected chi connectivity index (χ2v) is 8.17. The van der Waals surface area contributed by atoms with Crippen LogP contribution in [0, 0.1) is 5.41 Å². The summed E-state index contributed by atoms with van der Waals surface area (Å²) in [5.74, 6) is 1.59. The summed E-state index contributed by atoms with van der Waals surface area (Å²) >= 11 is 0. The van der Waals surface area contributed by atoms with Crippen LogP contribution in [0.5, 0.6) is 0 Å². The molecule has 1 fully saturated rings. The topological polar surface area (TPSA) is 41.5 Å². The Balaban J connectivity index is 2.88. The summed E-state index contributed by atoms with van der Waals surface area (Å²) in [6, 6.07) is 0. The molecule has 1 rings (SSSR count). The molecule has 0 aliphatic carbocycles. The third-order valence-corrected chi connectivity index (χ3v) is 4.85. The van der Waals surface area contributed by atoms with E-state index in [9.17, 15) is 4.89 Å². The van der Waals surface area contributed by atoms with Crippen molar-refractivity contribution in [3.8, 4) is 0 Å². The Bertz CT molecular complexity index is 284. The molecule has 0 amide bonds. The van der Waals surface area contributed by atoms with Gasteiger partial charge in [0, 0.05) is 0 Å². The van der Waals surface area contributed by atoms with E-state index in [4.69, 9.17) is 9.05 Å². The third kappa shape index (κ3) is 3.04. The molecule has 1 heterocycles. The monoisotopic (exact) mass is 246 g/mol. The van der Waals surface area contributed by atoms with E-state index in [1.54, 1.807) is 5.82 Å². The number of hydrogen-bond acceptors (Lipinski definition) is 3. The molecule has 0 bridgehead atoms. The molecule has 0 aromatic rings. The van der Waals surface area contributed by atoms with Crippen molar-refractivity contribution in [3.05, 3.63) is 11.9 Å². The minimum atomic E-state index is -3.09. The van der Waals surface area contributed by atoms with Gasteiger partial charge in [0.15, 0.2) is 0 Å². The molecule has 1 saturated heterocycles. The smallest absolute Gasteiger partial charge is 0.265 e. The highest BCUT2D eigenvalue weighted by Crippen LogP contribution is 2.68. The van der Waals surface area contributed by atoms with E-state index < -0.39 is 19.1 Å². The molecule has 0 aromatic carbocycles. The molecule has 4 heteroatoms. The van der Waals surface area contributed by atoms with Crippen LogP contribution in [0.2, 0.25) is 0 Å². The summed E-state index contributed by atoms with van der Waals surface area (Å²) in [6.07, 6.45) is 1.88. The fourth-order valence-electron chi connectivity index (χ4n) is 1.25. The summed E-state index contributed by atoms with van der Waals surface area (Å²) in [5, 5.41) is 0. The van der Waals surface area contributed by atoms with Gasteiger partial charge in [-0.25, -0.2) is 0 Å². The number of hydrogen-bond donors (Lipinski definition) is 0. The second-order valence-electron chi connectivity index (χ2n) is 6.42. The molecular formula is C12H23O3P. The maximum atomic E-state index is 12.4. The first kappa shape index (κ1) is 14.1. The summed E-state index contributed by atoms with van der Waals surface area (Å²) in [7, 11) is -3.09. The fourth-order valence-corrected chi connectivity index (χ4v) is 3.75. The molecule has 16 heavy (non-hydrogen) atoms. The van der Waals surface area contributed by atoms with Crippen LogP contribution >= 0.6 is 7.94 Å². The Morgan fingerprint density at radius 1 is 1.00 bits per heavy atom. The summed E-state index contributed by atoms with van der Waals surface area (Å²) in [6.45, 7) is 13.7. The predicted octanol–water partition coefficient (Wildman–Crippen LogP) is 3.27. The van der Waals surface area contributed by atoms with E-state index in [0.29, 0.717) is 0 Å². The maximum absolute atomic E-state index is 12.4. The fraction of sp³-hybridized carbons (Fsp3) is 0.833. The van der Waals surface area contributed by atoms with Crippen molar-refractivity contribution in [2.75, 3.05) is 0 Å². The van der Waals surface area contributed by atoms with E-state index in [1.165, 1.54) is 0 Å². The highest BCUT2D eigenvalue weighted by atomic mass is 31.2. The van der Waals surface area contributed by atoms with Crippen molar-refractivity contribution in [3.63, 3.8) is 0 Å². The zero-order valence-electron chi connectivity index (χ0n) is 11.3. The lowest BCUT2D eigenvalue weighted by Crippen LogP contribution is -2.41. The maximum Gasteiger partial charge on any atom is 0.265 e. The minimum Gasteiger partial charge on any atom is -0.627 e. The largest absolute Gasteiger partial charge is 0.627 e. The van der Waals surface area contributed by atoms with Crippen LogP contribution < -0.4 is 4.89 Å². The van der Waals surface area contributed by atoms with Crippen LogP contribution in [-0.4, -0.2) is 11.2 Å². The van der Waals surface area contributed by atoms with Crippen LogP contribution in [-0.2, 0) is 9.05 Å². The summed E-state index contributed by atoms with van der Waals surface area (Å²) < 4.78 is 11.2. The van der Waals surface area contributed by atoms with Gasteiger partial charge in [0.05, 0.1) is 0 Å². The highest BCUT2D eigenvalue weighted by Gasteiger charge is 2.59. The molecule has 94 valence electrons. The van der Waals surface area contributed by atoms with E-state index in [0.717, 1.165) is 0 Å². The standard InChI is InChI=1S/C12H23O3P/c1-10(2,3)8-9-16(13)14-11(4,5)12(6,7)15-16/h8-9H,1-7H3/b9-8+. The van der Waals surface area contributed by atoms with Gasteiger partial charge < -0.3 is 4.89 Å². The Kier molecular flexibility index (Phi) is 3.33. The lowest BCUT2D eigenvalue weighted by atomic mass is 9.90. The zero-order valence-corrected chi connectivity index (χ0v) is 12.2. The average Bonchev–Trinajstić information content (AvgIpc) is 2.12. The molecule has 0 N–H and O–H groups in total. The third-order valence-electron chi connectivity index (χ3n) is 2.92. The lowest BCUT2D eigenvalue weighted by Gasteiger charge is -2.25. The highest BCUT2D eigenvalue weighted by molar-refractivity contribution is 7.62. The quantitative estimate of drug-likeness (QED) is 0.667. The van der Waals surface area contributed by atoms with Crippen molar-refractivity contribution in [1.29, 1.82) is 0 Å². The molecule has 0 unspecified atom stereocenters. The van der Waals surface area contributed by atoms with E-state index in [1.807, 2.05) is 54.5 Å². The van der Waals surface area contributed by atoms with Gasteiger partial charge in [0.1, 0.15) is 17.0 Å². The van der Waals surface area contributed by atoms with E-state index >= 15 is 0 Å². The molecule has 0 atom stereocenters. The van der Waals surface area contributed by atoms with Crippen LogP contribution in [0.15, 0.2) is 11.9 Å². The lowest BCUT2D eigenvalue weighted by molar-refractivity contribution is -0.207. The first-order chi connectivity index (χ1) is 6.87. The van der Waals surface area contributed by atoms with Gasteiger partial charge in [-0.05, 0) is 39.2 Å². The molecule has 0 saturated carbocycles. The van der Waals surface area contributed by atoms with Gasteiger partial charge in [-0.1, -0.05) is 20.8 Å². The van der Waals surface area contributed by atoms with E-state index in [2.05, 4.69) is 0 Å². The first-order valence-electron chi connectivity index (χ1n) is 5.59. The molecule has 0 aromatic heterocycles. The van der Waals surface area contributed by atoms with Gasteiger partial charge in [-0.3, -0.25) is 0 Å². The second kappa shape index (κ2) is 3.78. The van der Waals surface area contributed by atoms with Crippen molar-refractivity contribution in [1.82, 2.24) is 0 Å². The van der Waals surface area contributed by atoms with Crippen LogP contribution in [0.3, 0.4) is 0 Å². The number of rotatable bonds is 1. The minimum absolute atomic E-state index is 0.0268. The van der Waals surface area contributed by atoms with Crippen LogP contribution in [0.25, 0.3) is 0 Å². The van der Waals surface area contributed by atoms with Crippen molar-refractivity contribution in [2.24, 2.45) is 5.41 Å². The van der Waals surface area contributed by atoms with Crippen molar-refractivity contribution < 1.29 is 13.9 Å². The Hall–Kier alpha value is 0.0500. The van der Waals surface area contributed by atoms with Gasteiger partial charge in [0.25, 0.3) is 7.94 Å². The molecule has 0 radical (unpaired) electrons. The normalized spacial score (nSPS) is 27.5. The van der Waals surface area contributed by atoms with Gasteiger partial charge in [0.2, 0.25) is 0 Å². The van der Waals surface area contributed by atoms with Crippen molar-refractivity contribution >= 4 is 7.94 Å². The van der Waals surface area contributed by atoms with E-state index in [-0.39, 0.29) is 5.41 Å². The van der Waals surface area contributed by atoms with Crippen LogP contribution in [0.1, 0.15) is 48.5 Å². The van der Waals surface area contributed by atoms with Crippen molar-refractivity contribution in [2.45, 2.75) is 59.7 Å². The predicted molar refractivity (Wildman–Crippen MR) is 65.8 cm³/mol. The van der Waals surface area contributed by atoms with Gasteiger partial charge in [-0.2, -0.15) is 9.05 Å². The average molecular weight is 246 g/mol. The zero-order chi connectivity index (χ0) is 12.8. The summed E-state index contributed by atoms with van der Waals surface area (Å²) in [5.41, 5.74) is -1.10. The summed E-state index contributed by atoms with van der Waals surface area (Å²) in [4.78, 5) is 12.4. The Labute approximate surface area is 99.4 Å². The van der Waals surface area contributed by atoms with Gasteiger partial charge in [-0.15, -0.1) is 0 Å². The molecule has 3 nitrogen and oxygen atoms in total. The SMILES string of the molecule is CC(C)(C)/C=C/[P+]1([O-])OC(C)(C)C(C)(C)O1. The number of allylic oxidation sites excluding steroid dienone is 1. The Morgan fingerprint density at radius 2 is 1.38 bits per heavy atom.